The van der Waals surface area contributed by atoms with E-state index in [2.05, 4.69) is 10.6 Å². The van der Waals surface area contributed by atoms with Crippen LogP contribution in [0.25, 0.3) is 0 Å². The van der Waals surface area contributed by atoms with E-state index in [-0.39, 0.29) is 0 Å². The molecule has 11 heterocycles. The number of ether oxygens (including phenoxy) is 21. The van der Waals surface area contributed by atoms with E-state index in [0.717, 1.165) is 13.8 Å². The van der Waals surface area contributed by atoms with Crippen molar-refractivity contribution in [3.63, 3.8) is 0 Å². The zero-order chi connectivity index (χ0) is 94.0. The predicted molar refractivity (Wildman–Crippen MR) is 386 cm³/mol. The largest absolute Gasteiger partial charge is 0.394 e. The smallest absolute Gasteiger partial charge is 0.217 e. The van der Waals surface area contributed by atoms with Gasteiger partial charge in [0.1, 0.15) is 268 Å². The van der Waals surface area contributed by atoms with Gasteiger partial charge in [-0.2, -0.15) is 0 Å². The van der Waals surface area contributed by atoms with Crippen molar-refractivity contribution in [2.24, 2.45) is 0 Å². The fourth-order valence-corrected chi connectivity index (χ4v) is 16.5. The molecule has 0 radical (unpaired) electrons. The molecule has 35 N–H and O–H groups in total. The number of rotatable bonds is 33. The van der Waals surface area contributed by atoms with E-state index in [4.69, 9.17) is 99.5 Å². The lowest BCUT2D eigenvalue weighted by Gasteiger charge is -2.51. The van der Waals surface area contributed by atoms with Gasteiger partial charge in [0.25, 0.3) is 0 Å². The number of nitrogens with one attached hydrogen (secondary N) is 2. The summed E-state index contributed by atoms with van der Waals surface area (Å²) in [5, 5.41) is 372. The highest BCUT2D eigenvalue weighted by atomic mass is 16.8. The SMILES string of the molecule is CC(=O)N[C@@H]1[C@H](O[C@H]2[C@@H](O)[C@H](NC(C)=O)[C@H](O)O[C@@H]2CO)O[C@H](CO)[C@@H](OC2O[C@H](CO[C@@H]3O[C@@H](CO[C@@H]4O[C@@H](CO)[C@H](O)[C@H](O)[C@@H]4O[C@@H]4O[C@@H](CO)[C@H](O)[C@H](O)[C@@H]4O)[C@H](O)[C@H](O[C@@H]4O[C@@H](CO)[C@H](O)[C@H](O)[C@@H]4O[C@@H]4O[C@@H](CO)[C@H](O)[C@H](O)[C@@H]4O)[C@@H]3O)[C@@H](O)[C@H](O[C@H]3O[C@H](CO)[C@@H](O)[C@@H](O)[C@@H]3O[C@@H]3O[C@@H](CO)[C@H](O)[C@H](O)[C@@H]3O[C@@H]3O[C@@H](CO)[C@H](O)[C@@H](O)[C@@H]3O)[C@H]2O)[C@H]1O. The van der Waals surface area contributed by atoms with Crippen LogP contribution in [0.1, 0.15) is 13.8 Å². The van der Waals surface area contributed by atoms with Crippen LogP contribution in [0.4, 0.5) is 0 Å². The minimum Gasteiger partial charge on any atom is -0.394 e. The number of hydrogen-bond donors (Lipinski definition) is 35. The molecule has 0 aliphatic carbocycles. The van der Waals surface area contributed by atoms with Crippen molar-refractivity contribution in [1.82, 2.24) is 10.6 Å². The summed E-state index contributed by atoms with van der Waals surface area (Å²) in [6, 6.07) is -3.71. The Labute approximate surface area is 722 Å². The molecule has 11 fully saturated rings. The summed E-state index contributed by atoms with van der Waals surface area (Å²) < 4.78 is 124. The molecule has 0 aromatic carbocycles. The normalized spacial score (nSPS) is 51.7. The minimum atomic E-state index is -2.69. The van der Waals surface area contributed by atoms with Crippen molar-refractivity contribution in [2.45, 2.75) is 351 Å². The molecule has 744 valence electrons. The molecule has 11 rings (SSSR count). The molecule has 58 heteroatoms. The first-order chi connectivity index (χ1) is 60.7. The zero-order valence-corrected chi connectivity index (χ0v) is 67.7. The molecule has 128 heavy (non-hydrogen) atoms. The van der Waals surface area contributed by atoms with Gasteiger partial charge in [-0.05, 0) is 0 Å². The van der Waals surface area contributed by atoms with Gasteiger partial charge in [-0.15, -0.1) is 0 Å². The van der Waals surface area contributed by atoms with E-state index in [9.17, 15) is 178 Å². The fraction of sp³-hybridized carbons (Fsp3) is 0.971. The van der Waals surface area contributed by atoms with Gasteiger partial charge in [-0.25, -0.2) is 0 Å². The van der Waals surface area contributed by atoms with Crippen molar-refractivity contribution in [3.05, 3.63) is 0 Å². The number of aliphatic hydroxyl groups excluding tert-OH is 33. The molecule has 11 saturated heterocycles. The Balaban J connectivity index is 0.961. The highest BCUT2D eigenvalue weighted by Crippen LogP contribution is 2.42. The number of carbonyl (C=O) groups excluding carboxylic acids is 2. The predicted octanol–water partition coefficient (Wildman–Crippen LogP) is -24.7. The number of carbonyl (C=O) groups is 2. The highest BCUT2D eigenvalue weighted by molar-refractivity contribution is 5.73. The topological polar surface area (TPSA) is 920 Å². The summed E-state index contributed by atoms with van der Waals surface area (Å²) in [4.78, 5) is 25.4. The van der Waals surface area contributed by atoms with E-state index in [1.165, 1.54) is 0 Å². The monoisotopic (exact) mass is 1880 g/mol. The molecule has 2 amide bonds. The van der Waals surface area contributed by atoms with Crippen LogP contribution in [0.15, 0.2) is 0 Å². The van der Waals surface area contributed by atoms with Gasteiger partial charge in [0.2, 0.25) is 11.8 Å². The second-order valence-electron chi connectivity index (χ2n) is 32.3. The van der Waals surface area contributed by atoms with Crippen LogP contribution in [0, 0.1) is 0 Å². The molecule has 0 saturated carbocycles. The molecule has 58 nitrogen and oxygen atoms in total. The van der Waals surface area contributed by atoms with Crippen LogP contribution in [0.2, 0.25) is 0 Å². The average Bonchev–Trinajstić information content (AvgIpc) is 0.767. The van der Waals surface area contributed by atoms with Gasteiger partial charge >= 0.3 is 0 Å². The molecule has 0 aromatic heterocycles. The number of amides is 2. The second-order valence-corrected chi connectivity index (χ2v) is 32.3. The van der Waals surface area contributed by atoms with E-state index < -0.39 is 422 Å². The van der Waals surface area contributed by atoms with E-state index >= 15 is 0 Å². The van der Waals surface area contributed by atoms with Crippen molar-refractivity contribution in [1.29, 1.82) is 0 Å². The third-order valence-electron chi connectivity index (χ3n) is 23.8. The van der Waals surface area contributed by atoms with Gasteiger partial charge < -0.3 is 279 Å². The van der Waals surface area contributed by atoms with Crippen LogP contribution in [0.5, 0.6) is 0 Å². The standard InChI is InChI=1S/C70H118N2O56/c1-14(82)71-27-38(93)52(23(10-80)110-60(27)107)121-61-28(72-15(2)83)39(94)53(24(11-81)118-61)122-66-51(106)55(124-69-59(46(101)35(90)21(8-78)116-69)128-70-58(45(100)34(89)22(9-79)117-70)127-65-49(104)42(97)31(86)18(5-75)113-65)37(92)26(120-66)12-108-62-50(105)54(123-68-57(44(99)33(88)20(7-77)115-68)126-64-48(103)41(96)30(85)17(4-74)112-64)36(91)25(119-62)13-109-67-56(43(98)32(87)19(6-76)114-67)125-63-47(102)40(95)29(84)16(3-73)111-63/h16-70,73-81,84-107H,3-13H2,1-2H3,(H,71,82)(H,72,83)/t16-,17-,18-,19-,20-,21+,22-,23+,24+,25-,26+,27-,28-,29-,30-,31-,32-,33-,34-,35+,36-,37+,38-,39-,40-,41-,42+,43-,44-,45-,46+,47-,48-,49-,50-,51+,52+,53+,54-,55-,56-,57-,58-,59-,60+,61-,62+,63-,64-,65-,66?,67+,68-,69+,70-/m0/s1. The van der Waals surface area contributed by atoms with Gasteiger partial charge in [0.15, 0.2) is 69.2 Å². The number of hydrogen-bond acceptors (Lipinski definition) is 56. The van der Waals surface area contributed by atoms with Crippen molar-refractivity contribution < 1.29 is 278 Å². The third-order valence-corrected chi connectivity index (χ3v) is 23.8. The average molecular weight is 1880 g/mol. The van der Waals surface area contributed by atoms with Crippen LogP contribution in [-0.4, -0.2) is 591 Å². The van der Waals surface area contributed by atoms with Crippen LogP contribution < -0.4 is 10.6 Å². The molecule has 0 spiro atoms. The highest BCUT2D eigenvalue weighted by Gasteiger charge is 2.62. The van der Waals surface area contributed by atoms with E-state index in [0.29, 0.717) is 0 Å². The summed E-state index contributed by atoms with van der Waals surface area (Å²) in [5.41, 5.74) is 0. The van der Waals surface area contributed by atoms with Crippen LogP contribution >= 0.6 is 0 Å². The maximum Gasteiger partial charge on any atom is 0.217 e. The minimum absolute atomic E-state index is 0.824. The summed E-state index contributed by atoms with van der Waals surface area (Å²) in [5.74, 6) is -1.82. The Morgan fingerprint density at radius 2 is 0.430 bits per heavy atom. The Morgan fingerprint density at radius 1 is 0.203 bits per heavy atom. The van der Waals surface area contributed by atoms with Gasteiger partial charge in [0, 0.05) is 13.8 Å². The second kappa shape index (κ2) is 45.8. The van der Waals surface area contributed by atoms with Crippen molar-refractivity contribution >= 4 is 11.8 Å². The van der Waals surface area contributed by atoms with Crippen LogP contribution in [0.3, 0.4) is 0 Å². The maximum absolute atomic E-state index is 13.1. The molecule has 11 aliphatic rings. The van der Waals surface area contributed by atoms with E-state index in [1.807, 2.05) is 0 Å². The van der Waals surface area contributed by atoms with Crippen molar-refractivity contribution in [3.8, 4) is 0 Å². The molecule has 1 unspecified atom stereocenters. The first-order valence-corrected chi connectivity index (χ1v) is 40.7. The van der Waals surface area contributed by atoms with Gasteiger partial charge in [-0.3, -0.25) is 9.59 Å². The summed E-state index contributed by atoms with van der Waals surface area (Å²) in [6.45, 7) is -10.9. The zero-order valence-electron chi connectivity index (χ0n) is 67.7. The lowest BCUT2D eigenvalue weighted by Crippen LogP contribution is -2.70. The fourth-order valence-electron chi connectivity index (χ4n) is 16.5. The van der Waals surface area contributed by atoms with Gasteiger partial charge in [0.05, 0.1) is 72.7 Å². The Hall–Kier alpha value is -3.22. The first-order valence-electron chi connectivity index (χ1n) is 40.7. The quantitative estimate of drug-likeness (QED) is 0.0290. The molecule has 0 aromatic rings. The molecule has 55 atom stereocenters. The summed E-state index contributed by atoms with van der Waals surface area (Å²) in [6.07, 6.45) is -117. The lowest BCUT2D eigenvalue weighted by atomic mass is 9.94. The van der Waals surface area contributed by atoms with Crippen molar-refractivity contribution in [2.75, 3.05) is 72.7 Å². The van der Waals surface area contributed by atoms with Crippen LogP contribution in [-0.2, 0) is 109 Å². The molecule has 11 aliphatic heterocycles. The third kappa shape index (κ3) is 22.5. The molecular formula is C70H118N2O56. The molecular weight excluding hydrogens is 1760 g/mol. The maximum atomic E-state index is 13.1. The summed E-state index contributed by atoms with van der Waals surface area (Å²) in [7, 11) is 0. The van der Waals surface area contributed by atoms with Gasteiger partial charge in [-0.1, -0.05) is 0 Å². The first kappa shape index (κ1) is 105. The number of aliphatic hydroxyl groups is 33. The summed E-state index contributed by atoms with van der Waals surface area (Å²) >= 11 is 0. The molecule has 0 bridgehead atoms. The Bertz CT molecular complexity index is 3380. The van der Waals surface area contributed by atoms with E-state index in [1.54, 1.807) is 0 Å². The Kier molecular flexibility index (Phi) is 37.7. The Morgan fingerprint density at radius 3 is 0.773 bits per heavy atom. The lowest BCUT2D eigenvalue weighted by molar-refractivity contribution is -0.408.